The molecule has 2 rings (SSSR count). The summed E-state index contributed by atoms with van der Waals surface area (Å²) in [7, 11) is 0. The second-order valence-electron chi connectivity index (χ2n) is 5.67. The first-order valence-corrected chi connectivity index (χ1v) is 8.93. The lowest BCUT2D eigenvalue weighted by atomic mass is 10.0. The van der Waals surface area contributed by atoms with Crippen molar-refractivity contribution in [2.75, 3.05) is 19.6 Å². The number of piperidine rings is 1. The standard InChI is InChI=1S/C16H21ClF2N2OS/c1-11(23-14-5-3-2-4-13(14)17)16(22)20-12-6-8-21(9-7-12)10-15(18)19/h2-5,11-12,15H,6-10H2,1H3,(H,20,22). The van der Waals surface area contributed by atoms with Gasteiger partial charge in [-0.05, 0) is 31.9 Å². The third kappa shape index (κ3) is 5.94. The van der Waals surface area contributed by atoms with Gasteiger partial charge in [0.15, 0.2) is 0 Å². The minimum Gasteiger partial charge on any atom is -0.352 e. The summed E-state index contributed by atoms with van der Waals surface area (Å²) in [6, 6.07) is 7.49. The second-order valence-corrected chi connectivity index (χ2v) is 7.45. The van der Waals surface area contributed by atoms with E-state index >= 15 is 0 Å². The Balaban J connectivity index is 1.77. The highest BCUT2D eigenvalue weighted by molar-refractivity contribution is 8.00. The van der Waals surface area contributed by atoms with Crippen LogP contribution in [0, 0.1) is 0 Å². The number of hydrogen-bond acceptors (Lipinski definition) is 3. The molecule has 0 aromatic heterocycles. The van der Waals surface area contributed by atoms with Crippen molar-refractivity contribution >= 4 is 29.3 Å². The third-order valence-electron chi connectivity index (χ3n) is 3.84. The zero-order valence-corrected chi connectivity index (χ0v) is 14.5. The van der Waals surface area contributed by atoms with Crippen LogP contribution in [0.5, 0.6) is 0 Å². The fourth-order valence-electron chi connectivity index (χ4n) is 2.56. The van der Waals surface area contributed by atoms with E-state index in [2.05, 4.69) is 5.32 Å². The molecule has 7 heteroatoms. The average molecular weight is 363 g/mol. The van der Waals surface area contributed by atoms with Crippen molar-refractivity contribution in [3.8, 4) is 0 Å². The van der Waals surface area contributed by atoms with Crippen molar-refractivity contribution in [2.45, 2.75) is 42.4 Å². The van der Waals surface area contributed by atoms with E-state index < -0.39 is 6.43 Å². The van der Waals surface area contributed by atoms with Gasteiger partial charge in [0.05, 0.1) is 16.8 Å². The van der Waals surface area contributed by atoms with E-state index in [1.807, 2.05) is 25.1 Å². The number of amides is 1. The Kier molecular flexibility index (Phi) is 7.11. The van der Waals surface area contributed by atoms with Gasteiger partial charge in [0.2, 0.25) is 5.91 Å². The summed E-state index contributed by atoms with van der Waals surface area (Å²) < 4.78 is 24.7. The maximum absolute atomic E-state index is 12.3. The predicted molar refractivity (Wildman–Crippen MR) is 90.4 cm³/mol. The molecule has 3 nitrogen and oxygen atoms in total. The van der Waals surface area contributed by atoms with Gasteiger partial charge in [0.25, 0.3) is 6.43 Å². The molecule has 128 valence electrons. The number of nitrogens with one attached hydrogen (secondary N) is 1. The van der Waals surface area contributed by atoms with Crippen molar-refractivity contribution in [3.05, 3.63) is 29.3 Å². The molecular weight excluding hydrogens is 342 g/mol. The summed E-state index contributed by atoms with van der Waals surface area (Å²) in [6.07, 6.45) is -0.877. The fourth-order valence-corrected chi connectivity index (χ4v) is 3.72. The first-order chi connectivity index (χ1) is 11.0. The molecule has 1 aliphatic heterocycles. The maximum Gasteiger partial charge on any atom is 0.251 e. The molecule has 0 spiro atoms. The maximum atomic E-state index is 12.3. The summed E-state index contributed by atoms with van der Waals surface area (Å²) in [5, 5.41) is 3.40. The zero-order valence-electron chi connectivity index (χ0n) is 13.0. The highest BCUT2D eigenvalue weighted by atomic mass is 35.5. The first-order valence-electron chi connectivity index (χ1n) is 7.67. The van der Waals surface area contributed by atoms with Gasteiger partial charge in [0, 0.05) is 24.0 Å². The Morgan fingerprint density at radius 3 is 2.65 bits per heavy atom. The number of hydrogen-bond donors (Lipinski definition) is 1. The molecular formula is C16H21ClF2N2OS. The van der Waals surface area contributed by atoms with E-state index in [-0.39, 0.29) is 23.7 Å². The molecule has 0 radical (unpaired) electrons. The van der Waals surface area contributed by atoms with Gasteiger partial charge >= 0.3 is 0 Å². The van der Waals surface area contributed by atoms with E-state index in [4.69, 9.17) is 11.6 Å². The summed E-state index contributed by atoms with van der Waals surface area (Å²) in [5.74, 6) is -0.0396. The summed E-state index contributed by atoms with van der Waals surface area (Å²) in [6.45, 7) is 2.86. The minimum atomic E-state index is -2.30. The molecule has 0 aliphatic carbocycles. The molecule has 1 atom stereocenters. The van der Waals surface area contributed by atoms with E-state index in [0.717, 1.165) is 4.90 Å². The Morgan fingerprint density at radius 1 is 1.39 bits per heavy atom. The van der Waals surface area contributed by atoms with Gasteiger partial charge in [-0.25, -0.2) is 8.78 Å². The third-order valence-corrected chi connectivity index (χ3v) is 5.46. The SMILES string of the molecule is CC(Sc1ccccc1Cl)C(=O)NC1CCN(CC(F)F)CC1. The number of halogens is 3. The normalized spacial score (nSPS) is 18.1. The van der Waals surface area contributed by atoms with Crippen molar-refractivity contribution in [1.29, 1.82) is 0 Å². The highest BCUT2D eigenvalue weighted by Gasteiger charge is 2.24. The molecule has 0 bridgehead atoms. The lowest BCUT2D eigenvalue weighted by Gasteiger charge is -2.32. The van der Waals surface area contributed by atoms with Crippen LogP contribution in [0.15, 0.2) is 29.2 Å². The molecule has 1 N–H and O–H groups in total. The Morgan fingerprint density at radius 2 is 2.04 bits per heavy atom. The van der Waals surface area contributed by atoms with Crippen LogP contribution in [0.1, 0.15) is 19.8 Å². The largest absolute Gasteiger partial charge is 0.352 e. The van der Waals surface area contributed by atoms with E-state index in [0.29, 0.717) is 31.0 Å². The van der Waals surface area contributed by atoms with Crippen molar-refractivity contribution in [1.82, 2.24) is 10.2 Å². The van der Waals surface area contributed by atoms with Gasteiger partial charge in [-0.15, -0.1) is 11.8 Å². The molecule has 1 fully saturated rings. The van der Waals surface area contributed by atoms with E-state index in [1.165, 1.54) is 11.8 Å². The lowest BCUT2D eigenvalue weighted by molar-refractivity contribution is -0.121. The number of carbonyl (C=O) groups excluding carboxylic acids is 1. The van der Waals surface area contributed by atoms with Crippen molar-refractivity contribution in [2.24, 2.45) is 0 Å². The van der Waals surface area contributed by atoms with Crippen molar-refractivity contribution in [3.63, 3.8) is 0 Å². The number of benzene rings is 1. The number of rotatable bonds is 6. The van der Waals surface area contributed by atoms with Crippen molar-refractivity contribution < 1.29 is 13.6 Å². The molecule has 1 heterocycles. The predicted octanol–water partition coefficient (Wildman–Crippen LogP) is 3.67. The number of thioether (sulfide) groups is 1. The van der Waals surface area contributed by atoms with Crippen LogP contribution in [-0.4, -0.2) is 48.2 Å². The smallest absolute Gasteiger partial charge is 0.251 e. The highest BCUT2D eigenvalue weighted by Crippen LogP contribution is 2.30. The Labute approximate surface area is 144 Å². The average Bonchev–Trinajstić information content (AvgIpc) is 2.51. The molecule has 1 aliphatic rings. The van der Waals surface area contributed by atoms with Crippen LogP contribution in [0.2, 0.25) is 5.02 Å². The van der Waals surface area contributed by atoms with Gasteiger partial charge < -0.3 is 5.32 Å². The quantitative estimate of drug-likeness (QED) is 0.784. The lowest BCUT2D eigenvalue weighted by Crippen LogP contribution is -2.47. The van der Waals surface area contributed by atoms with E-state index in [9.17, 15) is 13.6 Å². The van der Waals surface area contributed by atoms with Gasteiger partial charge in [-0.2, -0.15) is 0 Å². The van der Waals surface area contributed by atoms with E-state index in [1.54, 1.807) is 11.0 Å². The Hall–Kier alpha value is -0.850. The molecule has 0 saturated carbocycles. The van der Waals surface area contributed by atoms with Crippen LogP contribution in [-0.2, 0) is 4.79 Å². The topological polar surface area (TPSA) is 32.3 Å². The van der Waals surface area contributed by atoms with Crippen LogP contribution in [0.25, 0.3) is 0 Å². The fraction of sp³-hybridized carbons (Fsp3) is 0.562. The van der Waals surface area contributed by atoms with Gasteiger partial charge in [-0.3, -0.25) is 9.69 Å². The molecule has 23 heavy (non-hydrogen) atoms. The summed E-state index contributed by atoms with van der Waals surface area (Å²) in [4.78, 5) is 14.9. The minimum absolute atomic E-state index is 0.0396. The molecule has 1 saturated heterocycles. The van der Waals surface area contributed by atoms with Gasteiger partial charge in [-0.1, -0.05) is 23.7 Å². The number of alkyl halides is 2. The summed E-state index contributed by atoms with van der Waals surface area (Å²) >= 11 is 7.53. The Bertz CT molecular complexity index is 525. The number of carbonyl (C=O) groups is 1. The summed E-state index contributed by atoms with van der Waals surface area (Å²) in [5.41, 5.74) is 0. The zero-order chi connectivity index (χ0) is 16.8. The number of nitrogens with zero attached hydrogens (tertiary/aromatic N) is 1. The van der Waals surface area contributed by atoms with Crippen LogP contribution in [0.4, 0.5) is 8.78 Å². The molecule has 1 aromatic carbocycles. The molecule has 1 unspecified atom stereocenters. The van der Waals surface area contributed by atoms with Crippen LogP contribution in [0.3, 0.4) is 0 Å². The molecule has 1 amide bonds. The van der Waals surface area contributed by atoms with Crippen LogP contribution < -0.4 is 5.32 Å². The first kappa shape index (κ1) is 18.5. The van der Waals surface area contributed by atoms with Gasteiger partial charge in [0.1, 0.15) is 0 Å². The second kappa shape index (κ2) is 8.85. The number of likely N-dealkylation sites (tertiary alicyclic amines) is 1. The monoisotopic (exact) mass is 362 g/mol. The molecule has 1 aromatic rings. The van der Waals surface area contributed by atoms with Crippen LogP contribution >= 0.6 is 23.4 Å².